The Balaban J connectivity index is 1.54. The molecule has 1 aliphatic heterocycles. The molecule has 5 nitrogen and oxygen atoms in total. The van der Waals surface area contributed by atoms with Gasteiger partial charge in [-0.05, 0) is 29.8 Å². The molecule has 2 aromatic rings. The zero-order chi connectivity index (χ0) is 17.2. The third-order valence-corrected chi connectivity index (χ3v) is 6.09. The molecule has 6 heteroatoms. The number of amides is 1. The number of hydrogen-bond donors (Lipinski definition) is 0. The van der Waals surface area contributed by atoms with Gasteiger partial charge in [0.25, 0.3) is 0 Å². The fourth-order valence-corrected chi connectivity index (χ4v) is 4.58. The van der Waals surface area contributed by atoms with Crippen LogP contribution in [0.4, 0.5) is 0 Å². The Bertz CT molecular complexity index is 847. The minimum atomic E-state index is -3.01. The Morgan fingerprint density at radius 1 is 1.21 bits per heavy atom. The van der Waals surface area contributed by atoms with Crippen LogP contribution >= 0.6 is 0 Å². The molecule has 1 heterocycles. The van der Waals surface area contributed by atoms with Crippen LogP contribution < -0.4 is 4.74 Å². The Hall–Kier alpha value is -2.08. The van der Waals surface area contributed by atoms with E-state index in [1.54, 1.807) is 11.8 Å². The summed E-state index contributed by atoms with van der Waals surface area (Å²) in [5, 5.41) is 2.24. The molecule has 0 unspecified atom stereocenters. The van der Waals surface area contributed by atoms with Crippen molar-refractivity contribution in [3.63, 3.8) is 0 Å². The molecule has 0 aliphatic carbocycles. The number of rotatable bonds is 4. The fourth-order valence-electron chi connectivity index (χ4n) is 3.03. The second-order valence-electron chi connectivity index (χ2n) is 6.16. The van der Waals surface area contributed by atoms with Gasteiger partial charge >= 0.3 is 0 Å². The quantitative estimate of drug-likeness (QED) is 0.851. The smallest absolute Gasteiger partial charge is 0.226 e. The maximum Gasteiger partial charge on any atom is 0.226 e. The zero-order valence-electron chi connectivity index (χ0n) is 13.6. The predicted molar refractivity (Wildman–Crippen MR) is 93.9 cm³/mol. The number of benzene rings is 2. The van der Waals surface area contributed by atoms with Crippen molar-refractivity contribution in [2.24, 2.45) is 0 Å². The van der Waals surface area contributed by atoms with Gasteiger partial charge in [0, 0.05) is 12.6 Å². The molecule has 0 radical (unpaired) electrons. The number of carbonyl (C=O) groups excluding carboxylic acids is 1. The number of fused-ring (bicyclic) bond motifs is 1. The molecule has 1 fully saturated rings. The molecule has 128 valence electrons. The van der Waals surface area contributed by atoms with Crippen LogP contribution in [-0.4, -0.2) is 49.9 Å². The minimum Gasteiger partial charge on any atom is -0.493 e. The molecule has 0 bridgehead atoms. The van der Waals surface area contributed by atoms with Crippen molar-refractivity contribution < 1.29 is 17.9 Å². The molecule has 1 atom stereocenters. The third kappa shape index (κ3) is 3.87. The monoisotopic (exact) mass is 347 g/mol. The van der Waals surface area contributed by atoms with E-state index >= 15 is 0 Å². The van der Waals surface area contributed by atoms with Crippen molar-refractivity contribution in [2.75, 3.05) is 24.7 Å². The average molecular weight is 347 g/mol. The Morgan fingerprint density at radius 3 is 2.71 bits per heavy atom. The summed E-state index contributed by atoms with van der Waals surface area (Å²) in [7, 11) is -3.01. The summed E-state index contributed by atoms with van der Waals surface area (Å²) in [5.41, 5.74) is 0. The Labute approximate surface area is 142 Å². The van der Waals surface area contributed by atoms with Crippen molar-refractivity contribution in [3.05, 3.63) is 42.5 Å². The molecule has 0 spiro atoms. The summed E-state index contributed by atoms with van der Waals surface area (Å²) in [6, 6.07) is 13.6. The van der Waals surface area contributed by atoms with Gasteiger partial charge in [0.2, 0.25) is 5.91 Å². The van der Waals surface area contributed by atoms with Crippen LogP contribution in [-0.2, 0) is 14.6 Å². The average Bonchev–Trinajstić information content (AvgIpc) is 2.53. The fraction of sp³-hybridized carbons (Fsp3) is 0.389. The van der Waals surface area contributed by atoms with Gasteiger partial charge in [-0.2, -0.15) is 0 Å². The number of hydrogen-bond acceptors (Lipinski definition) is 4. The molecule has 0 N–H and O–H groups in total. The summed E-state index contributed by atoms with van der Waals surface area (Å²) in [6.45, 7) is 2.34. The number of sulfone groups is 1. The molecule has 24 heavy (non-hydrogen) atoms. The predicted octanol–water partition coefficient (Wildman–Crippen LogP) is 2.25. The van der Waals surface area contributed by atoms with E-state index in [1.807, 2.05) is 42.5 Å². The first-order valence-corrected chi connectivity index (χ1v) is 9.88. The maximum atomic E-state index is 12.3. The van der Waals surface area contributed by atoms with E-state index in [1.165, 1.54) is 0 Å². The van der Waals surface area contributed by atoms with Gasteiger partial charge in [-0.15, -0.1) is 0 Å². The molecule has 1 saturated heterocycles. The van der Waals surface area contributed by atoms with Gasteiger partial charge in [0.1, 0.15) is 5.75 Å². The SMILES string of the molecule is C[C@H]1CS(=O)(=O)CCN1C(=O)CCOc1ccc2ccccc2c1. The number of nitrogens with zero attached hydrogens (tertiary/aromatic N) is 1. The lowest BCUT2D eigenvalue weighted by molar-refractivity contribution is -0.133. The summed E-state index contributed by atoms with van der Waals surface area (Å²) in [4.78, 5) is 13.9. The van der Waals surface area contributed by atoms with Gasteiger partial charge in [-0.3, -0.25) is 4.79 Å². The van der Waals surface area contributed by atoms with Gasteiger partial charge in [0.15, 0.2) is 9.84 Å². The first-order valence-electron chi connectivity index (χ1n) is 8.06. The van der Waals surface area contributed by atoms with Gasteiger partial charge in [-0.25, -0.2) is 8.42 Å². The highest BCUT2D eigenvalue weighted by atomic mass is 32.2. The summed E-state index contributed by atoms with van der Waals surface area (Å²) < 4.78 is 28.8. The lowest BCUT2D eigenvalue weighted by atomic mass is 10.1. The molecule has 1 amide bonds. The van der Waals surface area contributed by atoms with E-state index in [0.29, 0.717) is 0 Å². The molecular weight excluding hydrogens is 326 g/mol. The van der Waals surface area contributed by atoms with E-state index < -0.39 is 9.84 Å². The van der Waals surface area contributed by atoms with Crippen molar-refractivity contribution in [3.8, 4) is 5.75 Å². The normalized spacial score (nSPS) is 20.0. The maximum absolute atomic E-state index is 12.3. The largest absolute Gasteiger partial charge is 0.493 e. The molecule has 3 rings (SSSR count). The van der Waals surface area contributed by atoms with Crippen LogP contribution in [0, 0.1) is 0 Å². The van der Waals surface area contributed by atoms with Gasteiger partial charge in [-0.1, -0.05) is 30.3 Å². The summed E-state index contributed by atoms with van der Waals surface area (Å²) >= 11 is 0. The molecule has 1 aliphatic rings. The van der Waals surface area contributed by atoms with Crippen LogP contribution in [0.1, 0.15) is 13.3 Å². The Morgan fingerprint density at radius 2 is 1.96 bits per heavy atom. The van der Waals surface area contributed by atoms with E-state index in [9.17, 15) is 13.2 Å². The summed E-state index contributed by atoms with van der Waals surface area (Å²) in [6.07, 6.45) is 0.247. The number of carbonyl (C=O) groups is 1. The molecule has 2 aromatic carbocycles. The lowest BCUT2D eigenvalue weighted by Gasteiger charge is -2.33. The summed E-state index contributed by atoms with van der Waals surface area (Å²) in [5.74, 6) is 0.771. The second kappa shape index (κ2) is 6.81. The highest BCUT2D eigenvalue weighted by Gasteiger charge is 2.30. The van der Waals surface area contributed by atoms with Crippen molar-refractivity contribution >= 4 is 26.5 Å². The van der Waals surface area contributed by atoms with Gasteiger partial charge < -0.3 is 9.64 Å². The number of ether oxygens (including phenoxy) is 1. The topological polar surface area (TPSA) is 63.7 Å². The zero-order valence-corrected chi connectivity index (χ0v) is 14.5. The lowest BCUT2D eigenvalue weighted by Crippen LogP contribution is -2.50. The second-order valence-corrected chi connectivity index (χ2v) is 8.39. The van der Waals surface area contributed by atoms with Crippen LogP contribution in [0.5, 0.6) is 5.75 Å². The van der Waals surface area contributed by atoms with Crippen LogP contribution in [0.25, 0.3) is 10.8 Å². The van der Waals surface area contributed by atoms with Crippen LogP contribution in [0.15, 0.2) is 42.5 Å². The van der Waals surface area contributed by atoms with Crippen molar-refractivity contribution in [1.29, 1.82) is 0 Å². The van der Waals surface area contributed by atoms with Gasteiger partial charge in [0.05, 0.1) is 24.5 Å². The van der Waals surface area contributed by atoms with E-state index in [-0.39, 0.29) is 43.0 Å². The Kier molecular flexibility index (Phi) is 4.76. The minimum absolute atomic E-state index is 0.0459. The molecule has 0 aromatic heterocycles. The highest BCUT2D eigenvalue weighted by Crippen LogP contribution is 2.21. The first kappa shape index (κ1) is 16.8. The van der Waals surface area contributed by atoms with Crippen LogP contribution in [0.2, 0.25) is 0 Å². The van der Waals surface area contributed by atoms with E-state index in [4.69, 9.17) is 4.74 Å². The van der Waals surface area contributed by atoms with Crippen molar-refractivity contribution in [1.82, 2.24) is 4.90 Å². The highest BCUT2D eigenvalue weighted by molar-refractivity contribution is 7.91. The first-order chi connectivity index (χ1) is 11.4. The van der Waals surface area contributed by atoms with E-state index in [0.717, 1.165) is 16.5 Å². The molecular formula is C18H21NO4S. The standard InChI is InChI=1S/C18H21NO4S/c1-14-13-24(21,22)11-9-19(14)18(20)8-10-23-17-7-6-15-4-2-3-5-16(15)12-17/h2-7,12,14H,8-11,13H2,1H3/t14-/m0/s1. The van der Waals surface area contributed by atoms with Crippen LogP contribution in [0.3, 0.4) is 0 Å². The van der Waals surface area contributed by atoms with E-state index in [2.05, 4.69) is 0 Å². The third-order valence-electron chi connectivity index (χ3n) is 4.30. The molecule has 0 saturated carbocycles. The van der Waals surface area contributed by atoms with Crippen molar-refractivity contribution in [2.45, 2.75) is 19.4 Å².